The van der Waals surface area contributed by atoms with Crippen LogP contribution in [-0.2, 0) is 23.7 Å². The largest absolute Gasteiger partial charge is 0.387 e. The minimum absolute atomic E-state index is 0.0196. The third-order valence-corrected chi connectivity index (χ3v) is 4.08. The van der Waals surface area contributed by atoms with Crippen molar-refractivity contribution in [1.29, 1.82) is 0 Å². The summed E-state index contributed by atoms with van der Waals surface area (Å²) in [6, 6.07) is 0. The summed E-state index contributed by atoms with van der Waals surface area (Å²) in [5, 5.41) is 10.6. The smallest absolute Gasteiger partial charge is 0.164 e. The molecule has 6 heteroatoms. The lowest BCUT2D eigenvalue weighted by Crippen LogP contribution is -2.62. The minimum atomic E-state index is -0.796. The first kappa shape index (κ1) is 15.6. The van der Waals surface area contributed by atoms with E-state index in [4.69, 9.17) is 23.7 Å². The molecule has 0 unspecified atom stereocenters. The van der Waals surface area contributed by atoms with Crippen LogP contribution in [0.15, 0.2) is 0 Å². The predicted octanol–water partition coefficient (Wildman–Crippen LogP) is 1.19. The van der Waals surface area contributed by atoms with Crippen molar-refractivity contribution in [2.45, 2.75) is 95.8 Å². The van der Waals surface area contributed by atoms with E-state index in [1.54, 1.807) is 0 Å². The summed E-state index contributed by atoms with van der Waals surface area (Å²) >= 11 is 0. The highest BCUT2D eigenvalue weighted by Crippen LogP contribution is 2.45. The van der Waals surface area contributed by atoms with Gasteiger partial charge in [-0.05, 0) is 41.5 Å². The number of rotatable bonds is 2. The second-order valence-corrected chi connectivity index (χ2v) is 7.27. The van der Waals surface area contributed by atoms with E-state index >= 15 is 0 Å². The second-order valence-electron chi connectivity index (χ2n) is 7.27. The maximum absolute atomic E-state index is 10.6. The fraction of sp³-hybridized carbons (Fsp3) is 1.00. The highest BCUT2D eigenvalue weighted by atomic mass is 16.8. The first-order valence-electron chi connectivity index (χ1n) is 7.64. The van der Waals surface area contributed by atoms with E-state index in [-0.39, 0.29) is 24.4 Å². The molecule has 6 nitrogen and oxygen atoms in total. The topological polar surface area (TPSA) is 66.4 Å². The molecule has 0 aromatic rings. The zero-order valence-electron chi connectivity index (χ0n) is 13.5. The molecular weight excluding hydrogens is 276 g/mol. The number of hydrogen-bond acceptors (Lipinski definition) is 6. The van der Waals surface area contributed by atoms with Gasteiger partial charge in [0.25, 0.3) is 0 Å². The van der Waals surface area contributed by atoms with Gasteiger partial charge in [-0.25, -0.2) is 0 Å². The molecule has 1 N–H and O–H groups in total. The number of aliphatic hydroxyl groups is 1. The van der Waals surface area contributed by atoms with Gasteiger partial charge in [-0.15, -0.1) is 0 Å². The highest BCUT2D eigenvalue weighted by Gasteiger charge is 2.63. The molecule has 0 aromatic heterocycles. The summed E-state index contributed by atoms with van der Waals surface area (Å²) in [7, 11) is 0. The minimum Gasteiger partial charge on any atom is -0.387 e. The molecule has 0 spiro atoms. The molecule has 6 atom stereocenters. The molecule has 2 aliphatic heterocycles. The summed E-state index contributed by atoms with van der Waals surface area (Å²) in [6.07, 6.45) is -2.77. The average molecular weight is 302 g/mol. The van der Waals surface area contributed by atoms with Gasteiger partial charge in [-0.1, -0.05) is 0 Å². The maximum Gasteiger partial charge on any atom is 0.164 e. The average Bonchev–Trinajstić information content (AvgIpc) is 2.81. The van der Waals surface area contributed by atoms with Gasteiger partial charge < -0.3 is 28.8 Å². The van der Waals surface area contributed by atoms with E-state index in [1.807, 2.05) is 41.5 Å². The Morgan fingerprint density at radius 1 is 0.810 bits per heavy atom. The lowest BCUT2D eigenvalue weighted by Gasteiger charge is -2.41. The van der Waals surface area contributed by atoms with Gasteiger partial charge in [0.2, 0.25) is 0 Å². The zero-order valence-corrected chi connectivity index (χ0v) is 13.5. The second kappa shape index (κ2) is 4.88. The predicted molar refractivity (Wildman–Crippen MR) is 73.7 cm³/mol. The Balaban J connectivity index is 1.91. The first-order chi connectivity index (χ1) is 9.60. The summed E-state index contributed by atoms with van der Waals surface area (Å²) < 4.78 is 29.7. The lowest BCUT2D eigenvalue weighted by molar-refractivity contribution is -0.195. The number of hydrogen-bond donors (Lipinski definition) is 1. The van der Waals surface area contributed by atoms with Crippen LogP contribution in [0, 0.1) is 0 Å². The standard InChI is InChI=1S/C15H26O6/c1-7(2)17-11-12-9(18-14(3,4)20-12)8(16)10-13(11)21-15(5,6)19-10/h7-13,16H,1-6H3/t8-,9-,10-,11-,12+,13-/m0/s1. The van der Waals surface area contributed by atoms with Gasteiger partial charge >= 0.3 is 0 Å². The van der Waals surface area contributed by atoms with Crippen LogP contribution in [0.2, 0.25) is 0 Å². The van der Waals surface area contributed by atoms with Crippen molar-refractivity contribution in [3.8, 4) is 0 Å². The van der Waals surface area contributed by atoms with Crippen molar-refractivity contribution in [2.24, 2.45) is 0 Å². The Morgan fingerprint density at radius 2 is 1.19 bits per heavy atom. The summed E-state index contributed by atoms with van der Waals surface area (Å²) in [6.45, 7) is 11.3. The van der Waals surface area contributed by atoms with Crippen molar-refractivity contribution in [2.75, 3.05) is 0 Å². The van der Waals surface area contributed by atoms with Gasteiger partial charge in [0.15, 0.2) is 11.6 Å². The van der Waals surface area contributed by atoms with E-state index in [0.717, 1.165) is 0 Å². The lowest BCUT2D eigenvalue weighted by atomic mass is 9.85. The first-order valence-corrected chi connectivity index (χ1v) is 7.64. The van der Waals surface area contributed by atoms with Gasteiger partial charge in [-0.3, -0.25) is 0 Å². The highest BCUT2D eigenvalue weighted by molar-refractivity contribution is 5.08. The molecule has 21 heavy (non-hydrogen) atoms. The number of fused-ring (bicyclic) bond motifs is 2. The molecule has 0 radical (unpaired) electrons. The van der Waals surface area contributed by atoms with Crippen LogP contribution in [0.25, 0.3) is 0 Å². The van der Waals surface area contributed by atoms with Crippen LogP contribution in [0.4, 0.5) is 0 Å². The SMILES string of the molecule is CC(C)O[C@@H]1[C@H]2OC(C)(C)O[C@H]2[C@@H](O)[C@@H]2OC(C)(C)O[C@@H]12. The molecule has 2 heterocycles. The van der Waals surface area contributed by atoms with Crippen molar-refractivity contribution in [3.05, 3.63) is 0 Å². The Bertz CT molecular complexity index is 375. The zero-order chi connectivity index (χ0) is 15.6. The monoisotopic (exact) mass is 302 g/mol. The van der Waals surface area contributed by atoms with Gasteiger partial charge in [0.05, 0.1) is 6.10 Å². The number of aliphatic hydroxyl groups excluding tert-OH is 1. The quantitative estimate of drug-likeness (QED) is 0.826. The molecule has 3 fully saturated rings. The van der Waals surface area contributed by atoms with Crippen LogP contribution in [-0.4, -0.2) is 59.4 Å². The molecule has 2 saturated heterocycles. The van der Waals surface area contributed by atoms with Crippen LogP contribution in [0.5, 0.6) is 0 Å². The molecular formula is C15H26O6. The van der Waals surface area contributed by atoms with Gasteiger partial charge in [0.1, 0.15) is 36.6 Å². The van der Waals surface area contributed by atoms with Gasteiger partial charge in [-0.2, -0.15) is 0 Å². The van der Waals surface area contributed by atoms with Crippen LogP contribution in [0.3, 0.4) is 0 Å². The Labute approximate surface area is 125 Å². The van der Waals surface area contributed by atoms with Gasteiger partial charge in [0, 0.05) is 0 Å². The Hall–Kier alpha value is -0.240. The summed E-state index contributed by atoms with van der Waals surface area (Å²) in [5.74, 6) is -1.49. The van der Waals surface area contributed by atoms with E-state index in [9.17, 15) is 5.11 Å². The van der Waals surface area contributed by atoms with E-state index in [2.05, 4.69) is 0 Å². The Kier molecular flexibility index (Phi) is 3.63. The van der Waals surface area contributed by atoms with Crippen molar-refractivity contribution < 1.29 is 28.8 Å². The molecule has 0 aromatic carbocycles. The molecule has 0 bridgehead atoms. The summed E-state index contributed by atoms with van der Waals surface area (Å²) in [5.41, 5.74) is 0. The third kappa shape index (κ3) is 2.73. The third-order valence-electron chi connectivity index (χ3n) is 4.08. The Morgan fingerprint density at radius 3 is 1.57 bits per heavy atom. The fourth-order valence-corrected chi connectivity index (χ4v) is 3.51. The molecule has 0 amide bonds. The van der Waals surface area contributed by atoms with Crippen LogP contribution >= 0.6 is 0 Å². The molecule has 3 aliphatic rings. The van der Waals surface area contributed by atoms with Crippen molar-refractivity contribution in [1.82, 2.24) is 0 Å². The van der Waals surface area contributed by atoms with Crippen molar-refractivity contribution in [3.63, 3.8) is 0 Å². The van der Waals surface area contributed by atoms with Crippen molar-refractivity contribution >= 4 is 0 Å². The number of ether oxygens (including phenoxy) is 5. The molecule has 1 saturated carbocycles. The molecule has 1 aliphatic carbocycles. The van der Waals surface area contributed by atoms with E-state index in [0.29, 0.717) is 0 Å². The summed E-state index contributed by atoms with van der Waals surface area (Å²) in [4.78, 5) is 0. The van der Waals surface area contributed by atoms with E-state index in [1.165, 1.54) is 0 Å². The normalized spacial score (nSPS) is 47.4. The van der Waals surface area contributed by atoms with E-state index < -0.39 is 29.9 Å². The molecule has 122 valence electrons. The maximum atomic E-state index is 10.6. The fourth-order valence-electron chi connectivity index (χ4n) is 3.51. The molecule has 3 rings (SSSR count). The van der Waals surface area contributed by atoms with Crippen LogP contribution < -0.4 is 0 Å². The van der Waals surface area contributed by atoms with Crippen LogP contribution in [0.1, 0.15) is 41.5 Å².